The maximum Gasteiger partial charge on any atom is 0.292 e. The summed E-state index contributed by atoms with van der Waals surface area (Å²) in [5.74, 6) is -2.37. The van der Waals surface area contributed by atoms with Gasteiger partial charge < -0.3 is 85.2 Å². The quantitative estimate of drug-likeness (QED) is 0.0588. The van der Waals surface area contributed by atoms with E-state index in [2.05, 4.69) is 73.2 Å². The summed E-state index contributed by atoms with van der Waals surface area (Å²) in [4.78, 5) is 125. The van der Waals surface area contributed by atoms with E-state index in [0.29, 0.717) is 56.7 Å². The van der Waals surface area contributed by atoms with Crippen LogP contribution < -0.4 is 48.3 Å². The predicted octanol–water partition coefficient (Wildman–Crippen LogP) is 1.77. The van der Waals surface area contributed by atoms with Gasteiger partial charge in [-0.25, -0.2) is 19.9 Å². The second-order valence-corrected chi connectivity index (χ2v) is 18.8. The number of rotatable bonds is 18. The molecule has 0 aliphatic heterocycles. The molecule has 9 rings (SSSR count). The molecule has 0 fully saturated rings. The molecule has 12 N–H and O–H groups in total. The molecule has 9 aromatic rings. The van der Waals surface area contributed by atoms with Gasteiger partial charge in [0.2, 0.25) is 5.82 Å². The summed E-state index contributed by atoms with van der Waals surface area (Å²) >= 11 is 0. The maximum absolute atomic E-state index is 13.5. The zero-order chi connectivity index (χ0) is 57.3. The van der Waals surface area contributed by atoms with E-state index in [1.54, 1.807) is 129 Å². The largest absolute Gasteiger partial charge is 0.354 e. The van der Waals surface area contributed by atoms with Crippen LogP contribution in [0.3, 0.4) is 0 Å². The zero-order valence-corrected chi connectivity index (χ0v) is 44.5. The van der Waals surface area contributed by atoms with Crippen LogP contribution in [0.15, 0.2) is 92.0 Å². The van der Waals surface area contributed by atoms with Crippen LogP contribution in [0.25, 0.3) is 22.7 Å². The lowest BCUT2D eigenvalue weighted by Gasteiger charge is -2.10. The molecule has 0 radical (unpaired) electrons. The molecule has 0 saturated heterocycles. The Balaban J connectivity index is 0.731. The first-order valence-electron chi connectivity index (χ1n) is 24.5. The minimum Gasteiger partial charge on any atom is -0.354 e. The van der Waals surface area contributed by atoms with Crippen LogP contribution in [-0.2, 0) is 54.1 Å². The molecule has 8 aromatic heterocycles. The molecule has 8 amide bonds. The number of hydrogen-bond acceptors (Lipinski definition) is 12. The first-order chi connectivity index (χ1) is 38.1. The van der Waals surface area contributed by atoms with Crippen LogP contribution in [0.5, 0.6) is 0 Å². The lowest BCUT2D eigenvalue weighted by molar-refractivity contribution is -0.403. The van der Waals surface area contributed by atoms with Gasteiger partial charge in [-0.3, -0.25) is 38.4 Å². The molecule has 1 atom stereocenters. The van der Waals surface area contributed by atoms with E-state index in [9.17, 15) is 38.4 Å². The summed E-state index contributed by atoms with van der Waals surface area (Å²) in [5.41, 5.74) is 7.90. The van der Waals surface area contributed by atoms with Crippen molar-refractivity contribution in [1.29, 1.82) is 0 Å². The summed E-state index contributed by atoms with van der Waals surface area (Å²) in [7, 11) is 13.1. The van der Waals surface area contributed by atoms with Gasteiger partial charge in [0.25, 0.3) is 47.3 Å². The number of H-pyrrole nitrogens is 1. The van der Waals surface area contributed by atoms with Crippen LogP contribution in [-0.4, -0.2) is 124 Å². The highest BCUT2D eigenvalue weighted by Gasteiger charge is 2.24. The maximum atomic E-state index is 13.5. The number of aryl methyl sites for hydroxylation is 7. The number of quaternary nitrogens is 1. The molecular formula is C51H56N21O8+. The Bertz CT molecular complexity index is 3950. The normalized spacial score (nSPS) is 11.5. The highest BCUT2D eigenvalue weighted by atomic mass is 16.2. The third-order valence-electron chi connectivity index (χ3n) is 12.8. The number of fused-ring (bicyclic) bond motifs is 1. The van der Waals surface area contributed by atoms with Crippen molar-refractivity contribution < 1.29 is 44.1 Å². The van der Waals surface area contributed by atoms with Crippen molar-refractivity contribution in [1.82, 2.24) is 67.5 Å². The smallest absolute Gasteiger partial charge is 0.292 e. The van der Waals surface area contributed by atoms with Gasteiger partial charge in [0.05, 0.1) is 33.8 Å². The molecule has 0 saturated carbocycles. The van der Waals surface area contributed by atoms with E-state index >= 15 is 0 Å². The van der Waals surface area contributed by atoms with Crippen molar-refractivity contribution in [2.24, 2.45) is 49.3 Å². The summed E-state index contributed by atoms with van der Waals surface area (Å²) in [6, 6.07) is 10.2. The fourth-order valence-electron chi connectivity index (χ4n) is 8.65. The standard InChI is InChI=1S/C51H55N21O8/c1-53-46(75)34-16-27(20-67(34)3)56-44(73)26-9-10-32-33(15-26)61-40(60-32)41-62-38(24-71(41)7)64-49(78)37-18-28(21-70(37)6)57-45(74)31(52)11-12-55-47(76)35-17-29(22-68(35)4)58-48(77)36-19-30(23-69(36)5)59-51(80)43-63-39(25-72(43)8)65-50(79)42-54-13-14-66(42)2/h9-10,13-25,31H,11-12,52H2,1-8H3,(H,53,75)(H,55,76)(H,56,73)(H,57,74)(H,58,77)(H,59,80)(H,60,61)(H,64,78)(H,65,79)/p+1. The highest BCUT2D eigenvalue weighted by Crippen LogP contribution is 2.25. The number of benzene rings is 1. The topological polar surface area (TPSA) is 362 Å². The molecule has 0 aliphatic carbocycles. The van der Waals surface area contributed by atoms with Gasteiger partial charge in [-0.05, 0) is 42.5 Å². The van der Waals surface area contributed by atoms with Gasteiger partial charge in [-0.1, -0.05) is 0 Å². The van der Waals surface area contributed by atoms with Crippen LogP contribution in [0, 0.1) is 0 Å². The molecule has 412 valence electrons. The van der Waals surface area contributed by atoms with Crippen molar-refractivity contribution in [3.05, 3.63) is 132 Å². The lowest BCUT2D eigenvalue weighted by atomic mass is 10.2. The Morgan fingerprint density at radius 2 is 1.04 bits per heavy atom. The van der Waals surface area contributed by atoms with Crippen LogP contribution in [0.1, 0.15) is 80.0 Å². The molecule has 80 heavy (non-hydrogen) atoms. The first kappa shape index (κ1) is 54.0. The first-order valence-corrected chi connectivity index (χ1v) is 24.5. The summed E-state index contributed by atoms with van der Waals surface area (Å²) in [5, 5.41) is 21.8. The van der Waals surface area contributed by atoms with Crippen molar-refractivity contribution in [3.63, 3.8) is 0 Å². The number of anilines is 6. The number of carbonyl (C=O) groups is 8. The number of amides is 8. The summed E-state index contributed by atoms with van der Waals surface area (Å²) in [6.07, 6.45) is 12.7. The van der Waals surface area contributed by atoms with Gasteiger partial charge in [0.1, 0.15) is 22.8 Å². The second-order valence-electron chi connectivity index (χ2n) is 18.8. The van der Waals surface area contributed by atoms with E-state index in [0.717, 1.165) is 0 Å². The third-order valence-corrected chi connectivity index (χ3v) is 12.8. The summed E-state index contributed by atoms with van der Waals surface area (Å²) < 4.78 is 10.9. The molecule has 0 aliphatic rings. The minimum atomic E-state index is -0.796. The Morgan fingerprint density at radius 3 is 1.64 bits per heavy atom. The summed E-state index contributed by atoms with van der Waals surface area (Å²) in [6.45, 7) is 0.0863. The molecule has 8 heterocycles. The molecule has 29 nitrogen and oxygen atoms in total. The fourth-order valence-corrected chi connectivity index (χ4v) is 8.65. The number of hydrogen-bond donors (Lipinski definition) is 10. The number of aromatic nitrogens is 12. The fraction of sp³-hybridized carbons (Fsp3) is 0.216. The molecule has 1 unspecified atom stereocenters. The van der Waals surface area contributed by atoms with Crippen molar-refractivity contribution in [2.45, 2.75) is 12.5 Å². The van der Waals surface area contributed by atoms with Gasteiger partial charge >= 0.3 is 0 Å². The second kappa shape index (κ2) is 22.0. The van der Waals surface area contributed by atoms with E-state index in [1.807, 2.05) is 0 Å². The number of aromatic amines is 1. The molecule has 0 bridgehead atoms. The number of carbonyl (C=O) groups excluding carboxylic acids is 8. The number of imidazole rings is 4. The average Bonchev–Trinajstić information content (AvgIpc) is 4.33. The molecule has 1 aromatic carbocycles. The lowest BCUT2D eigenvalue weighted by Crippen LogP contribution is -2.67. The SMILES string of the molecule is CNC(=O)c1cc(NC(=O)c2ccc3nc(-c4nc(NC(=O)c5cc(NC(=O)C([NH3+])CCNC(=O)c6cc(NC(=O)c7cc(NC(=O)c8nc(NC(=O)c9nccn9C)cn8C)cn7C)cn6C)cn5C)cn4C)[nH]c3c2)cn1C. The van der Waals surface area contributed by atoms with Crippen LogP contribution in [0.4, 0.5) is 34.4 Å². The number of nitrogens with one attached hydrogen (secondary N) is 9. The zero-order valence-electron chi connectivity index (χ0n) is 44.5. The Hall–Kier alpha value is -10.8. The van der Waals surface area contributed by atoms with E-state index in [-0.39, 0.29) is 65.1 Å². The molecule has 0 spiro atoms. The highest BCUT2D eigenvalue weighted by molar-refractivity contribution is 6.09. The van der Waals surface area contributed by atoms with Crippen LogP contribution in [0.2, 0.25) is 0 Å². The Kier molecular flexibility index (Phi) is 14.9. The van der Waals surface area contributed by atoms with Gasteiger partial charge in [-0.2, -0.15) is 0 Å². The monoisotopic (exact) mass is 1090 g/mol. The minimum absolute atomic E-state index is 0.000625. The van der Waals surface area contributed by atoms with E-state index in [4.69, 9.17) is 0 Å². The Labute approximate surface area is 453 Å². The van der Waals surface area contributed by atoms with Gasteiger partial charge in [0.15, 0.2) is 35.2 Å². The van der Waals surface area contributed by atoms with Crippen molar-refractivity contribution in [2.75, 3.05) is 45.5 Å². The Morgan fingerprint density at radius 1 is 0.525 bits per heavy atom. The van der Waals surface area contributed by atoms with Crippen molar-refractivity contribution >= 4 is 92.7 Å². The van der Waals surface area contributed by atoms with Crippen molar-refractivity contribution in [3.8, 4) is 11.6 Å². The van der Waals surface area contributed by atoms with E-state index in [1.165, 1.54) is 51.3 Å². The number of nitrogens with zero attached hydrogens (tertiary/aromatic N) is 11. The predicted molar refractivity (Wildman–Crippen MR) is 292 cm³/mol. The van der Waals surface area contributed by atoms with Gasteiger partial charge in [-0.15, -0.1) is 0 Å². The molecular weight excluding hydrogens is 1030 g/mol. The van der Waals surface area contributed by atoms with Crippen LogP contribution >= 0.6 is 0 Å². The third kappa shape index (κ3) is 11.5. The molecule has 29 heteroatoms. The van der Waals surface area contributed by atoms with E-state index < -0.39 is 41.5 Å². The average molecular weight is 1090 g/mol. The van der Waals surface area contributed by atoms with Gasteiger partial charge in [0, 0.05) is 124 Å².